The Morgan fingerprint density at radius 3 is 2.67 bits per heavy atom. The molecule has 2 saturated carbocycles. The fraction of sp³-hybridized carbons (Fsp3) is 0.733. The van der Waals surface area contributed by atoms with Crippen LogP contribution in [0.3, 0.4) is 0 Å². The standard InChI is InChI=1S/C15H22/c1-9-6-8-12-14(15(12,3)4)13-10(2)5-7-11(9)13/h12-14H,2,5-8H2,1,3-4H3. The number of hydrogen-bond donors (Lipinski definition) is 0. The molecule has 3 atom stereocenters. The van der Waals surface area contributed by atoms with E-state index in [9.17, 15) is 0 Å². The second kappa shape index (κ2) is 2.78. The molecule has 0 amide bonds. The lowest BCUT2D eigenvalue weighted by molar-refractivity contribution is 0.483. The Kier molecular flexibility index (Phi) is 1.80. The first-order valence-corrected chi connectivity index (χ1v) is 6.39. The summed E-state index contributed by atoms with van der Waals surface area (Å²) in [6.07, 6.45) is 5.35. The SMILES string of the molecule is C=C1CCC2=C(C)CCC3C(C12)C3(C)C. The molecule has 2 fully saturated rings. The van der Waals surface area contributed by atoms with E-state index in [2.05, 4.69) is 27.4 Å². The molecule has 0 heterocycles. The van der Waals surface area contributed by atoms with Crippen LogP contribution in [0.15, 0.2) is 23.3 Å². The van der Waals surface area contributed by atoms with Crippen LogP contribution in [0.25, 0.3) is 0 Å². The van der Waals surface area contributed by atoms with Crippen LogP contribution in [-0.4, -0.2) is 0 Å². The zero-order valence-electron chi connectivity index (χ0n) is 10.3. The Morgan fingerprint density at radius 2 is 1.93 bits per heavy atom. The van der Waals surface area contributed by atoms with E-state index in [4.69, 9.17) is 0 Å². The summed E-state index contributed by atoms with van der Waals surface area (Å²) in [5, 5.41) is 0. The van der Waals surface area contributed by atoms with Crippen molar-refractivity contribution in [1.82, 2.24) is 0 Å². The Bertz CT molecular complexity index is 356. The van der Waals surface area contributed by atoms with Crippen molar-refractivity contribution in [2.75, 3.05) is 0 Å². The largest absolute Gasteiger partial charge is 0.0992 e. The van der Waals surface area contributed by atoms with Crippen LogP contribution in [0.4, 0.5) is 0 Å². The highest BCUT2D eigenvalue weighted by Crippen LogP contribution is 2.69. The third kappa shape index (κ3) is 1.14. The highest BCUT2D eigenvalue weighted by atomic mass is 14.7. The molecule has 0 bridgehead atoms. The van der Waals surface area contributed by atoms with Crippen molar-refractivity contribution in [3.05, 3.63) is 23.3 Å². The Balaban J connectivity index is 2.03. The second-order valence-corrected chi connectivity index (χ2v) is 6.43. The van der Waals surface area contributed by atoms with Crippen molar-refractivity contribution in [2.24, 2.45) is 23.2 Å². The molecule has 0 spiro atoms. The van der Waals surface area contributed by atoms with E-state index in [0.29, 0.717) is 5.41 Å². The van der Waals surface area contributed by atoms with Gasteiger partial charge in [0.25, 0.3) is 0 Å². The molecule has 3 rings (SSSR count). The van der Waals surface area contributed by atoms with Crippen LogP contribution < -0.4 is 0 Å². The Labute approximate surface area is 93.5 Å². The molecule has 0 radical (unpaired) electrons. The summed E-state index contributed by atoms with van der Waals surface area (Å²) >= 11 is 0. The highest BCUT2D eigenvalue weighted by molar-refractivity contribution is 5.37. The van der Waals surface area contributed by atoms with Gasteiger partial charge in [-0.25, -0.2) is 0 Å². The van der Waals surface area contributed by atoms with Gasteiger partial charge in [-0.1, -0.05) is 37.1 Å². The van der Waals surface area contributed by atoms with Crippen LogP contribution in [0, 0.1) is 23.2 Å². The van der Waals surface area contributed by atoms with Gasteiger partial charge in [0.05, 0.1) is 0 Å². The maximum atomic E-state index is 4.32. The number of allylic oxidation sites excluding steroid dienone is 3. The summed E-state index contributed by atoms with van der Waals surface area (Å²) in [6.45, 7) is 11.6. The molecule has 0 saturated heterocycles. The smallest absolute Gasteiger partial charge is 0.00434 e. The molecule has 0 aromatic heterocycles. The first-order valence-electron chi connectivity index (χ1n) is 6.39. The molecule has 3 unspecified atom stereocenters. The van der Waals surface area contributed by atoms with Gasteiger partial charge < -0.3 is 0 Å². The van der Waals surface area contributed by atoms with E-state index < -0.39 is 0 Å². The van der Waals surface area contributed by atoms with Gasteiger partial charge in [-0.05, 0) is 49.9 Å². The summed E-state index contributed by atoms with van der Waals surface area (Å²) in [4.78, 5) is 0. The van der Waals surface area contributed by atoms with Crippen molar-refractivity contribution in [3.8, 4) is 0 Å². The summed E-state index contributed by atoms with van der Waals surface area (Å²) in [7, 11) is 0. The average Bonchev–Trinajstić information content (AvgIpc) is 2.55. The van der Waals surface area contributed by atoms with Crippen molar-refractivity contribution in [2.45, 2.75) is 46.5 Å². The van der Waals surface area contributed by atoms with Gasteiger partial charge in [0.15, 0.2) is 0 Å². The van der Waals surface area contributed by atoms with Gasteiger partial charge >= 0.3 is 0 Å². The van der Waals surface area contributed by atoms with E-state index in [-0.39, 0.29) is 0 Å². The normalized spacial score (nSPS) is 42.3. The molecule has 0 aromatic carbocycles. The minimum absolute atomic E-state index is 0.601. The quantitative estimate of drug-likeness (QED) is 0.513. The summed E-state index contributed by atoms with van der Waals surface area (Å²) < 4.78 is 0. The molecular formula is C15H22. The van der Waals surface area contributed by atoms with Gasteiger partial charge in [0, 0.05) is 5.92 Å². The second-order valence-electron chi connectivity index (χ2n) is 6.43. The summed E-state index contributed by atoms with van der Waals surface area (Å²) in [5.74, 6) is 2.68. The molecule has 3 aliphatic rings. The average molecular weight is 202 g/mol. The predicted octanol–water partition coefficient (Wildman–Crippen LogP) is 4.34. The fourth-order valence-corrected chi connectivity index (χ4v) is 4.33. The van der Waals surface area contributed by atoms with Crippen LogP contribution in [0.2, 0.25) is 0 Å². The molecular weight excluding hydrogens is 180 g/mol. The van der Waals surface area contributed by atoms with Gasteiger partial charge in [0.1, 0.15) is 0 Å². The van der Waals surface area contributed by atoms with Gasteiger partial charge in [-0.15, -0.1) is 0 Å². The maximum absolute atomic E-state index is 4.32. The molecule has 3 aliphatic carbocycles. The van der Waals surface area contributed by atoms with E-state index in [1.165, 1.54) is 31.3 Å². The van der Waals surface area contributed by atoms with Crippen molar-refractivity contribution >= 4 is 0 Å². The van der Waals surface area contributed by atoms with Crippen molar-refractivity contribution in [1.29, 1.82) is 0 Å². The van der Waals surface area contributed by atoms with E-state index in [0.717, 1.165) is 17.8 Å². The van der Waals surface area contributed by atoms with Crippen molar-refractivity contribution in [3.63, 3.8) is 0 Å². The van der Waals surface area contributed by atoms with Crippen LogP contribution in [-0.2, 0) is 0 Å². The molecule has 0 aromatic rings. The van der Waals surface area contributed by atoms with Gasteiger partial charge in [-0.3, -0.25) is 0 Å². The van der Waals surface area contributed by atoms with Gasteiger partial charge in [0.2, 0.25) is 0 Å². The zero-order chi connectivity index (χ0) is 10.8. The van der Waals surface area contributed by atoms with Gasteiger partial charge in [-0.2, -0.15) is 0 Å². The highest BCUT2D eigenvalue weighted by Gasteiger charge is 2.62. The number of fused-ring (bicyclic) bond motifs is 3. The lowest BCUT2D eigenvalue weighted by Crippen LogP contribution is -2.07. The zero-order valence-corrected chi connectivity index (χ0v) is 10.3. The van der Waals surface area contributed by atoms with Crippen LogP contribution in [0.1, 0.15) is 46.5 Å². The molecule has 15 heavy (non-hydrogen) atoms. The number of hydrogen-bond acceptors (Lipinski definition) is 0. The lowest BCUT2D eigenvalue weighted by atomic mass is 9.87. The Morgan fingerprint density at radius 1 is 1.20 bits per heavy atom. The van der Waals surface area contributed by atoms with E-state index >= 15 is 0 Å². The maximum Gasteiger partial charge on any atom is 0.00434 e. The minimum atomic E-state index is 0.601. The van der Waals surface area contributed by atoms with E-state index in [1.54, 1.807) is 11.1 Å². The van der Waals surface area contributed by atoms with Crippen molar-refractivity contribution < 1.29 is 0 Å². The molecule has 0 N–H and O–H groups in total. The Hall–Kier alpha value is -0.520. The van der Waals surface area contributed by atoms with Crippen LogP contribution in [0.5, 0.6) is 0 Å². The first-order chi connectivity index (χ1) is 7.03. The first kappa shape index (κ1) is 9.69. The third-order valence-electron chi connectivity index (χ3n) is 5.41. The topological polar surface area (TPSA) is 0 Å². The third-order valence-corrected chi connectivity index (χ3v) is 5.41. The lowest BCUT2D eigenvalue weighted by Gasteiger charge is -2.17. The molecule has 0 nitrogen and oxygen atoms in total. The van der Waals surface area contributed by atoms with E-state index in [1.807, 2.05) is 0 Å². The van der Waals surface area contributed by atoms with Crippen LogP contribution >= 0.6 is 0 Å². The summed E-state index contributed by atoms with van der Waals surface area (Å²) in [6, 6.07) is 0. The number of rotatable bonds is 0. The predicted molar refractivity (Wildman–Crippen MR) is 64.6 cm³/mol. The molecule has 0 aliphatic heterocycles. The fourth-order valence-electron chi connectivity index (χ4n) is 4.33. The monoisotopic (exact) mass is 202 g/mol. The molecule has 82 valence electrons. The minimum Gasteiger partial charge on any atom is -0.0992 e. The summed E-state index contributed by atoms with van der Waals surface area (Å²) in [5.41, 5.74) is 5.61. The molecule has 0 heteroatoms.